The van der Waals surface area contributed by atoms with Gasteiger partial charge in [-0.15, -0.1) is 0 Å². The first-order valence-corrected chi connectivity index (χ1v) is 20.5. The molecule has 0 N–H and O–H groups in total. The molecule has 4 nitrogen and oxygen atoms in total. The van der Waals surface area contributed by atoms with Crippen LogP contribution in [-0.4, -0.2) is 23.2 Å². The second-order valence-electron chi connectivity index (χ2n) is 15.8. The van der Waals surface area contributed by atoms with Gasteiger partial charge in [0.15, 0.2) is 0 Å². The predicted octanol–water partition coefficient (Wildman–Crippen LogP) is 13.4. The van der Waals surface area contributed by atoms with E-state index in [2.05, 4.69) is 198 Å². The van der Waals surface area contributed by atoms with Gasteiger partial charge in [0.2, 0.25) is 0 Å². The molecule has 0 fully saturated rings. The summed E-state index contributed by atoms with van der Waals surface area (Å²) < 4.78 is 19.1. The molecule has 1 aliphatic carbocycles. The van der Waals surface area contributed by atoms with Crippen LogP contribution in [0.3, 0.4) is 0 Å². The second-order valence-corrected chi connectivity index (χ2v) is 15.8. The maximum absolute atomic E-state index is 8.39. The summed E-state index contributed by atoms with van der Waals surface area (Å²) in [4.78, 5) is 9.17. The van der Waals surface area contributed by atoms with Gasteiger partial charge in [-0.1, -0.05) is 158 Å². The lowest BCUT2D eigenvalue weighted by atomic mass is 9.67. The maximum Gasteiger partial charge on any atom is 0.138 e. The summed E-state index contributed by atoms with van der Waals surface area (Å²) in [6.07, 6.45) is 1.94. The number of aromatic nitrogens is 2. The van der Waals surface area contributed by atoms with E-state index < -0.39 is 12.4 Å². The Labute approximate surface area is 352 Å². The van der Waals surface area contributed by atoms with Gasteiger partial charge < -0.3 is 9.80 Å². The zero-order chi connectivity index (χ0) is 41.4. The Hall–Kier alpha value is -7.69. The molecular formula is C56H40N4. The molecule has 0 bridgehead atoms. The van der Waals surface area contributed by atoms with Gasteiger partial charge in [-0.2, -0.15) is 0 Å². The average Bonchev–Trinajstić information content (AvgIpc) is 3.99. The number of para-hydroxylation sites is 3. The summed E-state index contributed by atoms with van der Waals surface area (Å²) in [6, 6.07) is 74.1. The summed E-state index contributed by atoms with van der Waals surface area (Å²) in [5, 5.41) is 2.34. The summed E-state index contributed by atoms with van der Waals surface area (Å²) in [6.45, 7) is -0.703. The molecule has 10 aromatic rings. The van der Waals surface area contributed by atoms with Crippen molar-refractivity contribution in [2.24, 2.45) is 0 Å². The van der Waals surface area contributed by atoms with E-state index in [1.54, 1.807) is 0 Å². The van der Waals surface area contributed by atoms with E-state index in [1.807, 2.05) is 29.3 Å². The van der Waals surface area contributed by atoms with Gasteiger partial charge >= 0.3 is 0 Å². The van der Waals surface area contributed by atoms with Crippen molar-refractivity contribution in [2.75, 3.05) is 23.5 Å². The fraction of sp³-hybridized carbons (Fsp3) is 0.0536. The largest absolute Gasteiger partial charge is 0.355 e. The third-order valence-corrected chi connectivity index (χ3v) is 12.7. The molecule has 0 atom stereocenters. The van der Waals surface area contributed by atoms with Crippen molar-refractivity contribution in [1.82, 2.24) is 9.55 Å². The Balaban J connectivity index is 1.10. The van der Waals surface area contributed by atoms with Crippen LogP contribution in [0.2, 0.25) is 0 Å². The van der Waals surface area contributed by atoms with E-state index in [1.165, 1.54) is 44.2 Å². The van der Waals surface area contributed by atoms with Gasteiger partial charge in [0.25, 0.3) is 0 Å². The molecule has 284 valence electrons. The van der Waals surface area contributed by atoms with Gasteiger partial charge in [-0.3, -0.25) is 4.57 Å². The van der Waals surface area contributed by atoms with Crippen LogP contribution >= 0.6 is 0 Å². The number of rotatable bonds is 6. The molecule has 0 saturated heterocycles. The summed E-state index contributed by atoms with van der Waals surface area (Å²) >= 11 is 0. The highest BCUT2D eigenvalue weighted by Gasteiger charge is 2.46. The van der Waals surface area contributed by atoms with Crippen LogP contribution in [0.15, 0.2) is 212 Å². The molecule has 3 heterocycles. The van der Waals surface area contributed by atoms with E-state index in [9.17, 15) is 0 Å². The lowest BCUT2D eigenvalue weighted by Crippen LogP contribution is -2.29. The van der Waals surface area contributed by atoms with Crippen molar-refractivity contribution in [1.29, 1.82) is 0 Å². The van der Waals surface area contributed by atoms with Gasteiger partial charge in [0.1, 0.15) is 5.82 Å². The quantitative estimate of drug-likeness (QED) is 0.168. The Morgan fingerprint density at radius 3 is 1.90 bits per heavy atom. The van der Waals surface area contributed by atoms with E-state index in [-0.39, 0.29) is 0 Å². The zero-order valence-electron chi connectivity index (χ0n) is 34.8. The zero-order valence-corrected chi connectivity index (χ0v) is 32.8. The number of hydrogen-bond acceptors (Lipinski definition) is 3. The minimum absolute atomic E-state index is 0.425. The number of fused-ring (bicyclic) bond motifs is 7. The van der Waals surface area contributed by atoms with Gasteiger partial charge in [-0.05, 0) is 104 Å². The molecule has 0 saturated carbocycles. The normalized spacial score (nSPS) is 14.3. The summed E-state index contributed by atoms with van der Waals surface area (Å²) in [5.41, 5.74) is 16.3. The molecule has 2 aromatic heterocycles. The Kier molecular flexibility index (Phi) is 7.23. The number of anilines is 3. The lowest BCUT2D eigenvalue weighted by molar-refractivity contribution is 0.768. The molecule has 12 rings (SSSR count). The fourth-order valence-corrected chi connectivity index (χ4v) is 10.2. The maximum atomic E-state index is 8.39. The molecule has 1 aliphatic heterocycles. The molecule has 60 heavy (non-hydrogen) atoms. The van der Waals surface area contributed by atoms with Crippen LogP contribution in [0.4, 0.5) is 17.1 Å². The van der Waals surface area contributed by atoms with Crippen LogP contribution in [-0.2, 0) is 5.41 Å². The first-order chi connectivity index (χ1) is 30.6. The number of hydrogen-bond donors (Lipinski definition) is 0. The van der Waals surface area contributed by atoms with E-state index >= 15 is 0 Å². The number of pyridine rings is 1. The first-order valence-electron chi connectivity index (χ1n) is 21.7. The van der Waals surface area contributed by atoms with Gasteiger partial charge in [-0.25, -0.2) is 4.98 Å². The number of benzene rings is 8. The molecule has 2 aliphatic rings. The first kappa shape index (κ1) is 32.3. The Bertz CT molecular complexity index is 3310. The third kappa shape index (κ3) is 5.01. The van der Waals surface area contributed by atoms with E-state index in [0.29, 0.717) is 6.67 Å². The van der Waals surface area contributed by atoms with Crippen molar-refractivity contribution in [3.8, 4) is 39.2 Å². The molecule has 0 radical (unpaired) electrons. The van der Waals surface area contributed by atoms with Crippen molar-refractivity contribution < 1.29 is 2.74 Å². The standard InChI is InChI=1S/C56H40N4/c1-58-37-59(53-29-14-13-28-52(53)58)42-19-15-18-40(35-42)56(49-25-10-7-22-45(49)46-23-8-11-26-50(46)56)41-30-31-48-47-24-9-12-27-51(47)60(54(48)36-41)55-34-39(32-33-57-55)44-21-6-5-20-43(44)38-16-3-2-4-17-38/h2-36H,37H2,1H3/i1D2. The van der Waals surface area contributed by atoms with Crippen LogP contribution in [0.5, 0.6) is 0 Å². The van der Waals surface area contributed by atoms with E-state index in [0.717, 1.165) is 56.2 Å². The van der Waals surface area contributed by atoms with E-state index in [4.69, 9.17) is 7.73 Å². The smallest absolute Gasteiger partial charge is 0.138 e. The summed E-state index contributed by atoms with van der Waals surface area (Å²) in [5.74, 6) is 0.858. The molecule has 8 aromatic carbocycles. The highest BCUT2D eigenvalue weighted by molar-refractivity contribution is 6.09. The van der Waals surface area contributed by atoms with Gasteiger partial charge in [0, 0.05) is 32.4 Å². The minimum Gasteiger partial charge on any atom is -0.355 e. The fourth-order valence-electron chi connectivity index (χ4n) is 10.2. The highest BCUT2D eigenvalue weighted by Crippen LogP contribution is 2.57. The topological polar surface area (TPSA) is 24.3 Å². The Morgan fingerprint density at radius 1 is 0.483 bits per heavy atom. The van der Waals surface area contributed by atoms with Crippen LogP contribution in [0.1, 0.15) is 25.0 Å². The average molecular weight is 771 g/mol. The van der Waals surface area contributed by atoms with Crippen molar-refractivity contribution in [3.63, 3.8) is 0 Å². The SMILES string of the molecule is [2H]C([2H])N1CN(c2cccc(C3(c4ccc5c6ccccc6n(-c6cc(-c7ccccc7-c7ccccc7)ccn6)c5c4)c4ccccc4-c4ccccc43)c2)c2ccccc21. The highest BCUT2D eigenvalue weighted by atomic mass is 15.4. The van der Waals surface area contributed by atoms with Crippen LogP contribution in [0.25, 0.3) is 61.0 Å². The predicted molar refractivity (Wildman–Crippen MR) is 249 cm³/mol. The van der Waals surface area contributed by atoms with Crippen molar-refractivity contribution in [3.05, 3.63) is 235 Å². The van der Waals surface area contributed by atoms with Crippen LogP contribution in [0, 0.1) is 0 Å². The lowest BCUT2D eigenvalue weighted by Gasteiger charge is -2.35. The Morgan fingerprint density at radius 2 is 1.12 bits per heavy atom. The molecular weight excluding hydrogens is 729 g/mol. The number of nitrogens with zero attached hydrogens (tertiary/aromatic N) is 4. The molecule has 0 amide bonds. The van der Waals surface area contributed by atoms with Crippen molar-refractivity contribution >= 4 is 38.9 Å². The van der Waals surface area contributed by atoms with Gasteiger partial charge in [0.05, 0.1) is 34.5 Å². The third-order valence-electron chi connectivity index (χ3n) is 12.7. The summed E-state index contributed by atoms with van der Waals surface area (Å²) in [7, 11) is 0. The minimum atomic E-state index is -1.13. The molecule has 4 heteroatoms. The monoisotopic (exact) mass is 770 g/mol. The second kappa shape index (κ2) is 13.4. The van der Waals surface area contributed by atoms with Crippen LogP contribution < -0.4 is 9.80 Å². The molecule has 0 spiro atoms. The van der Waals surface area contributed by atoms with Crippen molar-refractivity contribution in [2.45, 2.75) is 5.41 Å². The molecule has 0 unspecified atom stereocenters.